The van der Waals surface area contributed by atoms with Crippen LogP contribution < -0.4 is 5.32 Å². The van der Waals surface area contributed by atoms with E-state index in [1.807, 2.05) is 26.0 Å². The summed E-state index contributed by atoms with van der Waals surface area (Å²) in [5.41, 5.74) is 4.04. The van der Waals surface area contributed by atoms with Gasteiger partial charge in [-0.15, -0.1) is 0 Å². The number of benzene rings is 1. The molecule has 4 heteroatoms. The SMILES string of the molecule is Cc1ccc(NCc2cnccc2C)c(C(=O)O)c1. The summed E-state index contributed by atoms with van der Waals surface area (Å²) < 4.78 is 0. The Hall–Kier alpha value is -2.36. The summed E-state index contributed by atoms with van der Waals surface area (Å²) in [6.45, 7) is 4.44. The number of pyridine rings is 1. The molecule has 0 bridgehead atoms. The normalized spacial score (nSPS) is 10.2. The van der Waals surface area contributed by atoms with Crippen molar-refractivity contribution in [2.75, 3.05) is 5.32 Å². The lowest BCUT2D eigenvalue weighted by atomic mass is 10.1. The Kier molecular flexibility index (Phi) is 3.80. The number of nitrogens with zero attached hydrogens (tertiary/aromatic N) is 1. The highest BCUT2D eigenvalue weighted by Gasteiger charge is 2.10. The summed E-state index contributed by atoms with van der Waals surface area (Å²) in [6.07, 6.45) is 3.53. The lowest BCUT2D eigenvalue weighted by Gasteiger charge is -2.11. The molecule has 1 aromatic carbocycles. The van der Waals surface area contributed by atoms with E-state index in [4.69, 9.17) is 0 Å². The molecule has 0 spiro atoms. The van der Waals surface area contributed by atoms with Gasteiger partial charge in [0.25, 0.3) is 0 Å². The first-order chi connectivity index (χ1) is 9.08. The number of nitrogens with one attached hydrogen (secondary N) is 1. The summed E-state index contributed by atoms with van der Waals surface area (Å²) in [5.74, 6) is -0.922. The number of carboxylic acid groups (broad SMARTS) is 1. The zero-order valence-electron chi connectivity index (χ0n) is 11.0. The molecule has 4 nitrogen and oxygen atoms in total. The van der Waals surface area contributed by atoms with Crippen molar-refractivity contribution in [3.8, 4) is 0 Å². The van der Waals surface area contributed by atoms with Gasteiger partial charge in [0.15, 0.2) is 0 Å². The standard InChI is InChI=1S/C15H16N2O2/c1-10-3-4-14(13(7-10)15(18)19)17-9-12-8-16-6-5-11(12)2/h3-8,17H,9H2,1-2H3,(H,18,19). The van der Waals surface area contributed by atoms with Crippen molar-refractivity contribution in [1.82, 2.24) is 4.98 Å². The number of anilines is 1. The van der Waals surface area contributed by atoms with Crippen molar-refractivity contribution in [1.29, 1.82) is 0 Å². The quantitative estimate of drug-likeness (QED) is 0.882. The van der Waals surface area contributed by atoms with Crippen molar-refractivity contribution < 1.29 is 9.90 Å². The molecular weight excluding hydrogens is 240 g/mol. The van der Waals surface area contributed by atoms with E-state index in [0.717, 1.165) is 16.7 Å². The molecule has 2 N–H and O–H groups in total. The zero-order chi connectivity index (χ0) is 13.8. The minimum Gasteiger partial charge on any atom is -0.478 e. The first kappa shape index (κ1) is 13.1. The Morgan fingerprint density at radius 2 is 2.11 bits per heavy atom. The van der Waals surface area contributed by atoms with Crippen LogP contribution >= 0.6 is 0 Å². The van der Waals surface area contributed by atoms with E-state index in [0.29, 0.717) is 17.8 Å². The van der Waals surface area contributed by atoms with E-state index in [-0.39, 0.29) is 0 Å². The predicted molar refractivity (Wildman–Crippen MR) is 74.4 cm³/mol. The second-order valence-electron chi connectivity index (χ2n) is 4.51. The largest absolute Gasteiger partial charge is 0.478 e. The highest BCUT2D eigenvalue weighted by atomic mass is 16.4. The second kappa shape index (κ2) is 5.52. The lowest BCUT2D eigenvalue weighted by Crippen LogP contribution is -2.07. The maximum atomic E-state index is 11.2. The van der Waals surface area contributed by atoms with Crippen LogP contribution in [0.2, 0.25) is 0 Å². The van der Waals surface area contributed by atoms with E-state index in [1.54, 1.807) is 24.5 Å². The molecule has 0 unspecified atom stereocenters. The molecule has 0 saturated carbocycles. The van der Waals surface area contributed by atoms with Gasteiger partial charge in [-0.25, -0.2) is 4.79 Å². The van der Waals surface area contributed by atoms with Crippen molar-refractivity contribution >= 4 is 11.7 Å². The van der Waals surface area contributed by atoms with Crippen LogP contribution in [0.4, 0.5) is 5.69 Å². The van der Waals surface area contributed by atoms with E-state index in [2.05, 4.69) is 10.3 Å². The van der Waals surface area contributed by atoms with E-state index in [9.17, 15) is 9.90 Å². The fourth-order valence-corrected chi connectivity index (χ4v) is 1.86. The molecule has 1 heterocycles. The highest BCUT2D eigenvalue weighted by Crippen LogP contribution is 2.18. The Balaban J connectivity index is 2.20. The minimum atomic E-state index is -0.922. The van der Waals surface area contributed by atoms with Gasteiger partial charge in [0, 0.05) is 24.6 Å². The number of carboxylic acids is 1. The van der Waals surface area contributed by atoms with Gasteiger partial charge in [-0.1, -0.05) is 11.6 Å². The molecule has 1 aromatic heterocycles. The van der Waals surface area contributed by atoms with Crippen molar-refractivity contribution in [3.05, 3.63) is 58.9 Å². The number of aromatic nitrogens is 1. The molecule has 98 valence electrons. The fraction of sp³-hybridized carbons (Fsp3) is 0.200. The molecule has 0 fully saturated rings. The van der Waals surface area contributed by atoms with E-state index >= 15 is 0 Å². The summed E-state index contributed by atoms with van der Waals surface area (Å²) >= 11 is 0. The van der Waals surface area contributed by atoms with Crippen LogP contribution in [0.1, 0.15) is 27.0 Å². The number of aromatic carboxylic acids is 1. The molecule has 0 aliphatic rings. The average Bonchev–Trinajstić information content (AvgIpc) is 2.38. The number of carbonyl (C=O) groups is 1. The van der Waals surface area contributed by atoms with Crippen LogP contribution in [-0.4, -0.2) is 16.1 Å². The molecule has 0 radical (unpaired) electrons. The summed E-state index contributed by atoms with van der Waals surface area (Å²) in [5, 5.41) is 12.3. The molecule has 2 rings (SSSR count). The maximum Gasteiger partial charge on any atom is 0.337 e. The number of hydrogen-bond donors (Lipinski definition) is 2. The van der Waals surface area contributed by atoms with Gasteiger partial charge in [-0.3, -0.25) is 4.98 Å². The minimum absolute atomic E-state index is 0.293. The van der Waals surface area contributed by atoms with Gasteiger partial charge in [-0.2, -0.15) is 0 Å². The third-order valence-electron chi connectivity index (χ3n) is 3.02. The molecule has 0 aliphatic carbocycles. The Labute approximate surface area is 112 Å². The summed E-state index contributed by atoms with van der Waals surface area (Å²) in [7, 11) is 0. The van der Waals surface area contributed by atoms with Gasteiger partial charge in [0.1, 0.15) is 0 Å². The van der Waals surface area contributed by atoms with Crippen LogP contribution in [0.15, 0.2) is 36.7 Å². The average molecular weight is 256 g/mol. The van der Waals surface area contributed by atoms with Crippen molar-refractivity contribution in [2.45, 2.75) is 20.4 Å². The van der Waals surface area contributed by atoms with Crippen LogP contribution in [0.25, 0.3) is 0 Å². The van der Waals surface area contributed by atoms with E-state index in [1.165, 1.54) is 0 Å². The van der Waals surface area contributed by atoms with Crippen LogP contribution in [0.5, 0.6) is 0 Å². The van der Waals surface area contributed by atoms with Gasteiger partial charge < -0.3 is 10.4 Å². The zero-order valence-corrected chi connectivity index (χ0v) is 11.0. The summed E-state index contributed by atoms with van der Waals surface area (Å²) in [4.78, 5) is 15.3. The Bertz CT molecular complexity index is 609. The highest BCUT2D eigenvalue weighted by molar-refractivity contribution is 5.94. The smallest absolute Gasteiger partial charge is 0.337 e. The maximum absolute atomic E-state index is 11.2. The molecule has 2 aromatic rings. The van der Waals surface area contributed by atoms with Crippen LogP contribution in [0.3, 0.4) is 0 Å². The van der Waals surface area contributed by atoms with Gasteiger partial charge in [0.05, 0.1) is 5.56 Å². The molecular formula is C15H16N2O2. The molecule has 19 heavy (non-hydrogen) atoms. The monoisotopic (exact) mass is 256 g/mol. The first-order valence-electron chi connectivity index (χ1n) is 6.05. The van der Waals surface area contributed by atoms with Crippen molar-refractivity contribution in [2.24, 2.45) is 0 Å². The number of aryl methyl sites for hydroxylation is 2. The van der Waals surface area contributed by atoms with Gasteiger partial charge in [-0.05, 0) is 43.2 Å². The number of rotatable bonds is 4. The lowest BCUT2D eigenvalue weighted by molar-refractivity contribution is 0.0698. The van der Waals surface area contributed by atoms with E-state index < -0.39 is 5.97 Å². The van der Waals surface area contributed by atoms with Crippen LogP contribution in [-0.2, 0) is 6.54 Å². The third-order valence-corrected chi connectivity index (χ3v) is 3.02. The summed E-state index contributed by atoms with van der Waals surface area (Å²) in [6, 6.07) is 7.29. The van der Waals surface area contributed by atoms with Crippen LogP contribution in [0, 0.1) is 13.8 Å². The third kappa shape index (κ3) is 3.10. The molecule has 0 amide bonds. The van der Waals surface area contributed by atoms with Gasteiger partial charge in [0.2, 0.25) is 0 Å². The molecule has 0 aliphatic heterocycles. The molecule has 0 saturated heterocycles. The topological polar surface area (TPSA) is 62.2 Å². The first-order valence-corrected chi connectivity index (χ1v) is 6.05. The fourth-order valence-electron chi connectivity index (χ4n) is 1.86. The predicted octanol–water partition coefficient (Wildman–Crippen LogP) is 3.01. The number of hydrogen-bond acceptors (Lipinski definition) is 3. The van der Waals surface area contributed by atoms with Crippen molar-refractivity contribution in [3.63, 3.8) is 0 Å². The second-order valence-corrected chi connectivity index (χ2v) is 4.51. The Morgan fingerprint density at radius 3 is 2.79 bits per heavy atom. The molecule has 0 atom stereocenters. The van der Waals surface area contributed by atoms with Gasteiger partial charge >= 0.3 is 5.97 Å². The Morgan fingerprint density at radius 1 is 1.32 bits per heavy atom.